The molecule has 0 aliphatic heterocycles. The van der Waals surface area contributed by atoms with E-state index in [0.29, 0.717) is 14.5 Å². The third-order valence-corrected chi connectivity index (χ3v) is 6.19. The molecule has 0 radical (unpaired) electrons. The lowest BCUT2D eigenvalue weighted by molar-refractivity contribution is 0.285. The normalized spacial score (nSPS) is 13.6. The topological polar surface area (TPSA) is 95.1 Å². The molecule has 2 aromatic rings. The number of hydrogen-bond acceptors (Lipinski definition) is 5. The van der Waals surface area contributed by atoms with E-state index in [-0.39, 0.29) is 11.5 Å². The van der Waals surface area contributed by atoms with E-state index in [1.54, 1.807) is 19.3 Å². The predicted octanol–water partition coefficient (Wildman–Crippen LogP) is 1.77. The van der Waals surface area contributed by atoms with Crippen LogP contribution in [0.5, 0.6) is 0 Å². The van der Waals surface area contributed by atoms with Gasteiger partial charge in [-0.2, -0.15) is 0 Å². The number of aliphatic hydroxyl groups is 1. The van der Waals surface area contributed by atoms with Crippen LogP contribution in [0.3, 0.4) is 0 Å². The molecule has 1 unspecified atom stereocenters. The zero-order valence-electron chi connectivity index (χ0n) is 9.92. The molecule has 2 heterocycles. The van der Waals surface area contributed by atoms with E-state index in [9.17, 15) is 8.42 Å². The minimum atomic E-state index is -3.66. The van der Waals surface area contributed by atoms with E-state index in [2.05, 4.69) is 30.6 Å². The number of nitrogens with one attached hydrogen (secondary N) is 2. The number of rotatable bonds is 5. The first-order chi connectivity index (χ1) is 8.94. The fourth-order valence-corrected chi connectivity index (χ4v) is 5.28. The van der Waals surface area contributed by atoms with E-state index in [0.717, 1.165) is 0 Å². The van der Waals surface area contributed by atoms with Crippen molar-refractivity contribution in [3.8, 4) is 0 Å². The monoisotopic (exact) mass is 365 g/mol. The summed E-state index contributed by atoms with van der Waals surface area (Å²) in [5, 5.41) is 9.03. The van der Waals surface area contributed by atoms with Gasteiger partial charge in [-0.25, -0.2) is 18.1 Å². The molecule has 0 aliphatic carbocycles. The Morgan fingerprint density at radius 2 is 2.37 bits per heavy atom. The summed E-state index contributed by atoms with van der Waals surface area (Å²) in [6.45, 7) is 1.51. The van der Waals surface area contributed by atoms with Gasteiger partial charge in [-0.05, 0) is 28.9 Å². The molecule has 0 amide bonds. The van der Waals surface area contributed by atoms with Gasteiger partial charge in [0.05, 0.1) is 16.4 Å². The Morgan fingerprint density at radius 3 is 2.89 bits per heavy atom. The standard InChI is InChI=1S/C10H12BrN3O3S2/c1-6(10-12-2-3-13-10)14-19(16,17)8-4-7(5-15)18-9(8)11/h2-4,6,14-15H,5H2,1H3,(H,12,13). The number of halogens is 1. The van der Waals surface area contributed by atoms with Gasteiger partial charge in [0.15, 0.2) is 0 Å². The lowest BCUT2D eigenvalue weighted by Crippen LogP contribution is -2.27. The number of aromatic amines is 1. The summed E-state index contributed by atoms with van der Waals surface area (Å²) < 4.78 is 27.5. The highest BCUT2D eigenvalue weighted by Gasteiger charge is 2.24. The predicted molar refractivity (Wildman–Crippen MR) is 75.3 cm³/mol. The molecule has 0 aliphatic rings. The molecule has 0 spiro atoms. The molecule has 1 atom stereocenters. The zero-order chi connectivity index (χ0) is 14.0. The van der Waals surface area contributed by atoms with Crippen LogP contribution in [0.1, 0.15) is 23.7 Å². The summed E-state index contributed by atoms with van der Waals surface area (Å²) in [5.74, 6) is 0.539. The Balaban J connectivity index is 2.25. The molecule has 0 saturated carbocycles. The first kappa shape index (κ1) is 14.7. The van der Waals surface area contributed by atoms with E-state index < -0.39 is 16.1 Å². The molecule has 0 bridgehead atoms. The quantitative estimate of drug-likeness (QED) is 0.752. The lowest BCUT2D eigenvalue weighted by atomic mass is 10.3. The minimum Gasteiger partial charge on any atom is -0.391 e. The van der Waals surface area contributed by atoms with Crippen molar-refractivity contribution in [1.29, 1.82) is 0 Å². The molecule has 19 heavy (non-hydrogen) atoms. The fraction of sp³-hybridized carbons (Fsp3) is 0.300. The van der Waals surface area contributed by atoms with Crippen LogP contribution in [0.2, 0.25) is 0 Å². The van der Waals surface area contributed by atoms with Crippen molar-refractivity contribution in [2.75, 3.05) is 0 Å². The molecule has 0 fully saturated rings. The van der Waals surface area contributed by atoms with Gasteiger partial charge in [0.25, 0.3) is 0 Å². The Hall–Kier alpha value is -0.740. The van der Waals surface area contributed by atoms with Gasteiger partial charge in [-0.3, -0.25) is 0 Å². The van der Waals surface area contributed by atoms with E-state index in [4.69, 9.17) is 5.11 Å². The van der Waals surface area contributed by atoms with Crippen LogP contribution in [-0.2, 0) is 16.6 Å². The second kappa shape index (κ2) is 5.71. The average Bonchev–Trinajstić information content (AvgIpc) is 2.96. The molecule has 0 aromatic carbocycles. The molecule has 0 saturated heterocycles. The van der Waals surface area contributed by atoms with Crippen molar-refractivity contribution in [1.82, 2.24) is 14.7 Å². The number of sulfonamides is 1. The summed E-state index contributed by atoms with van der Waals surface area (Å²) in [7, 11) is -3.66. The molecule has 6 nitrogen and oxygen atoms in total. The highest BCUT2D eigenvalue weighted by molar-refractivity contribution is 9.11. The number of nitrogens with zero attached hydrogens (tertiary/aromatic N) is 1. The molecule has 9 heteroatoms. The van der Waals surface area contributed by atoms with Gasteiger partial charge in [-0.15, -0.1) is 11.3 Å². The van der Waals surface area contributed by atoms with Gasteiger partial charge in [0.1, 0.15) is 10.7 Å². The van der Waals surface area contributed by atoms with E-state index in [1.165, 1.54) is 17.4 Å². The molecule has 2 rings (SSSR count). The molecular weight excluding hydrogens is 354 g/mol. The van der Waals surface area contributed by atoms with Gasteiger partial charge < -0.3 is 10.1 Å². The van der Waals surface area contributed by atoms with Crippen molar-refractivity contribution in [2.45, 2.75) is 24.5 Å². The second-order valence-corrected chi connectivity index (χ2v) is 7.96. The van der Waals surface area contributed by atoms with Crippen LogP contribution >= 0.6 is 27.3 Å². The van der Waals surface area contributed by atoms with Crippen LogP contribution in [0.15, 0.2) is 27.1 Å². The second-order valence-electron chi connectivity index (χ2n) is 3.83. The molecular formula is C10H12BrN3O3S2. The highest BCUT2D eigenvalue weighted by atomic mass is 79.9. The van der Waals surface area contributed by atoms with Crippen molar-refractivity contribution in [3.05, 3.63) is 32.9 Å². The van der Waals surface area contributed by atoms with Crippen LogP contribution in [0.4, 0.5) is 0 Å². The molecule has 104 valence electrons. The SMILES string of the molecule is CC(NS(=O)(=O)c1cc(CO)sc1Br)c1ncc[nH]1. The zero-order valence-corrected chi connectivity index (χ0v) is 13.1. The van der Waals surface area contributed by atoms with Gasteiger partial charge in [0, 0.05) is 17.3 Å². The van der Waals surface area contributed by atoms with Gasteiger partial charge in [-0.1, -0.05) is 0 Å². The Bertz CT molecular complexity index is 652. The minimum absolute atomic E-state index is 0.125. The van der Waals surface area contributed by atoms with Crippen molar-refractivity contribution < 1.29 is 13.5 Å². The van der Waals surface area contributed by atoms with Crippen LogP contribution in [-0.4, -0.2) is 23.5 Å². The molecule has 2 aromatic heterocycles. The van der Waals surface area contributed by atoms with Gasteiger partial charge in [0.2, 0.25) is 10.0 Å². The Morgan fingerprint density at radius 1 is 1.63 bits per heavy atom. The van der Waals surface area contributed by atoms with Gasteiger partial charge >= 0.3 is 0 Å². The number of thiophene rings is 1. The number of aromatic nitrogens is 2. The van der Waals surface area contributed by atoms with Crippen LogP contribution in [0.25, 0.3) is 0 Å². The average molecular weight is 366 g/mol. The third kappa shape index (κ3) is 3.23. The fourth-order valence-electron chi connectivity index (χ4n) is 1.53. The van der Waals surface area contributed by atoms with Crippen molar-refractivity contribution in [3.63, 3.8) is 0 Å². The maximum atomic E-state index is 12.2. The number of H-pyrrole nitrogens is 1. The highest BCUT2D eigenvalue weighted by Crippen LogP contribution is 2.32. The van der Waals surface area contributed by atoms with E-state index >= 15 is 0 Å². The van der Waals surface area contributed by atoms with Crippen molar-refractivity contribution in [2.24, 2.45) is 0 Å². The third-order valence-electron chi connectivity index (χ3n) is 2.41. The number of aliphatic hydroxyl groups excluding tert-OH is 1. The summed E-state index contributed by atoms with van der Waals surface area (Å²) in [6, 6.07) is 0.982. The van der Waals surface area contributed by atoms with Crippen LogP contribution < -0.4 is 4.72 Å². The first-order valence-corrected chi connectivity index (χ1v) is 8.44. The number of imidazole rings is 1. The van der Waals surface area contributed by atoms with Crippen molar-refractivity contribution >= 4 is 37.3 Å². The molecule has 3 N–H and O–H groups in total. The summed E-state index contributed by atoms with van der Waals surface area (Å²) >= 11 is 4.39. The van der Waals surface area contributed by atoms with E-state index in [1.807, 2.05) is 0 Å². The Kier molecular flexibility index (Phi) is 4.41. The maximum absolute atomic E-state index is 12.2. The first-order valence-electron chi connectivity index (χ1n) is 5.34. The smallest absolute Gasteiger partial charge is 0.243 e. The summed E-state index contributed by atoms with van der Waals surface area (Å²) in [4.78, 5) is 7.57. The Labute approximate surface area is 123 Å². The van der Waals surface area contributed by atoms with Crippen LogP contribution in [0, 0.1) is 0 Å². The lowest BCUT2D eigenvalue weighted by Gasteiger charge is -2.11. The summed E-state index contributed by atoms with van der Waals surface area (Å²) in [5.41, 5.74) is 0. The summed E-state index contributed by atoms with van der Waals surface area (Å²) in [6.07, 6.45) is 3.19. The largest absolute Gasteiger partial charge is 0.391 e. The number of hydrogen-bond donors (Lipinski definition) is 3. The maximum Gasteiger partial charge on any atom is 0.243 e.